The highest BCUT2D eigenvalue weighted by Crippen LogP contribution is 2.61. The molecule has 2 heteroatoms. The second kappa shape index (κ2) is 4.15. The third-order valence-corrected chi connectivity index (χ3v) is 5.27. The Labute approximate surface area is 103 Å². The molecule has 4 rings (SSSR count). The Morgan fingerprint density at radius 2 is 1.65 bits per heavy atom. The number of allylic oxidation sites excluding steroid dienone is 1. The van der Waals surface area contributed by atoms with Gasteiger partial charge in [-0.3, -0.25) is 0 Å². The van der Waals surface area contributed by atoms with Crippen LogP contribution < -0.4 is 0 Å². The average molecular weight is 234 g/mol. The van der Waals surface area contributed by atoms with Gasteiger partial charge in [-0.15, -0.1) is 0 Å². The van der Waals surface area contributed by atoms with Crippen LogP contribution in [0.2, 0.25) is 0 Å². The number of hydrogen-bond donors (Lipinski definition) is 1. The van der Waals surface area contributed by atoms with Crippen molar-refractivity contribution in [2.24, 2.45) is 23.2 Å². The van der Waals surface area contributed by atoms with E-state index in [0.717, 1.165) is 24.2 Å². The number of carbonyl (C=O) groups is 1. The lowest BCUT2D eigenvalue weighted by atomic mass is 9.48. The van der Waals surface area contributed by atoms with Crippen molar-refractivity contribution in [3.63, 3.8) is 0 Å². The van der Waals surface area contributed by atoms with Crippen LogP contribution >= 0.6 is 0 Å². The monoisotopic (exact) mass is 234 g/mol. The molecule has 0 aliphatic heterocycles. The van der Waals surface area contributed by atoms with Gasteiger partial charge in [-0.25, -0.2) is 4.79 Å². The Kier molecular flexibility index (Phi) is 2.76. The zero-order valence-electron chi connectivity index (χ0n) is 10.4. The van der Waals surface area contributed by atoms with E-state index < -0.39 is 5.97 Å². The zero-order chi connectivity index (χ0) is 11.9. The fourth-order valence-corrected chi connectivity index (χ4v) is 5.17. The summed E-state index contributed by atoms with van der Waals surface area (Å²) in [5.74, 6) is 2.20. The Balaban J connectivity index is 1.60. The van der Waals surface area contributed by atoms with Crippen LogP contribution in [-0.2, 0) is 4.79 Å². The van der Waals surface area contributed by atoms with E-state index in [1.165, 1.54) is 51.0 Å². The van der Waals surface area contributed by atoms with Crippen LogP contribution in [0, 0.1) is 23.2 Å². The Morgan fingerprint density at radius 1 is 1.12 bits per heavy atom. The van der Waals surface area contributed by atoms with Crippen LogP contribution in [0.15, 0.2) is 12.2 Å². The summed E-state index contributed by atoms with van der Waals surface area (Å²) in [5, 5.41) is 8.59. The van der Waals surface area contributed by atoms with E-state index in [9.17, 15) is 4.79 Å². The highest BCUT2D eigenvalue weighted by molar-refractivity contribution is 5.79. The lowest BCUT2D eigenvalue weighted by molar-refractivity contribution is -0.131. The molecule has 0 unspecified atom stereocenters. The molecule has 0 aromatic carbocycles. The van der Waals surface area contributed by atoms with E-state index in [1.807, 2.05) is 6.08 Å². The number of rotatable bonds is 4. The standard InChI is InChI=1S/C15H22O2/c16-14(17)3-1-2-4-15-8-11-5-12(9-15)7-13(6-11)10-15/h1,3,11-13H,2,4-10H2,(H,16,17)/b3-1+. The molecular formula is C15H22O2. The summed E-state index contributed by atoms with van der Waals surface area (Å²) < 4.78 is 0. The smallest absolute Gasteiger partial charge is 0.327 e. The third kappa shape index (κ3) is 2.27. The van der Waals surface area contributed by atoms with Crippen molar-refractivity contribution in [2.75, 3.05) is 0 Å². The average Bonchev–Trinajstić information content (AvgIpc) is 2.22. The molecule has 0 atom stereocenters. The van der Waals surface area contributed by atoms with Crippen LogP contribution in [0.5, 0.6) is 0 Å². The van der Waals surface area contributed by atoms with Gasteiger partial charge in [-0.1, -0.05) is 6.08 Å². The normalized spacial score (nSPS) is 43.4. The van der Waals surface area contributed by atoms with E-state index in [1.54, 1.807) is 0 Å². The Bertz CT molecular complexity index is 308. The highest BCUT2D eigenvalue weighted by Gasteiger charge is 2.50. The minimum absolute atomic E-state index is 0.595. The first kappa shape index (κ1) is 11.3. The molecule has 1 N–H and O–H groups in total. The van der Waals surface area contributed by atoms with Crippen molar-refractivity contribution in [3.8, 4) is 0 Å². The van der Waals surface area contributed by atoms with Crippen LogP contribution in [-0.4, -0.2) is 11.1 Å². The molecule has 0 heterocycles. The van der Waals surface area contributed by atoms with Crippen LogP contribution in [0.1, 0.15) is 51.4 Å². The maximum absolute atomic E-state index is 10.4. The number of carboxylic acids is 1. The van der Waals surface area contributed by atoms with E-state index in [0.29, 0.717) is 5.41 Å². The molecule has 0 aromatic rings. The lowest BCUT2D eigenvalue weighted by Crippen LogP contribution is -2.45. The molecule has 0 radical (unpaired) electrons. The maximum atomic E-state index is 10.4. The van der Waals surface area contributed by atoms with Gasteiger partial charge in [0.2, 0.25) is 0 Å². The fraction of sp³-hybridized carbons (Fsp3) is 0.800. The highest BCUT2D eigenvalue weighted by atomic mass is 16.4. The quantitative estimate of drug-likeness (QED) is 0.754. The van der Waals surface area contributed by atoms with Crippen molar-refractivity contribution in [1.82, 2.24) is 0 Å². The van der Waals surface area contributed by atoms with Gasteiger partial charge in [-0.05, 0) is 74.5 Å². The topological polar surface area (TPSA) is 37.3 Å². The summed E-state index contributed by atoms with van der Waals surface area (Å²) in [5.41, 5.74) is 0.595. The summed E-state index contributed by atoms with van der Waals surface area (Å²) in [7, 11) is 0. The molecule has 4 bridgehead atoms. The summed E-state index contributed by atoms with van der Waals surface area (Å²) in [4.78, 5) is 10.4. The van der Waals surface area contributed by atoms with Crippen molar-refractivity contribution in [2.45, 2.75) is 51.4 Å². The molecule has 0 amide bonds. The van der Waals surface area contributed by atoms with Crippen LogP contribution in [0.4, 0.5) is 0 Å². The van der Waals surface area contributed by atoms with Gasteiger partial charge < -0.3 is 5.11 Å². The van der Waals surface area contributed by atoms with Gasteiger partial charge in [0, 0.05) is 6.08 Å². The van der Waals surface area contributed by atoms with Crippen molar-refractivity contribution in [1.29, 1.82) is 0 Å². The Hall–Kier alpha value is -0.790. The minimum Gasteiger partial charge on any atom is -0.478 e. The predicted octanol–water partition coefficient (Wildman–Crippen LogP) is 3.62. The molecule has 4 fully saturated rings. The van der Waals surface area contributed by atoms with Crippen LogP contribution in [0.25, 0.3) is 0 Å². The van der Waals surface area contributed by atoms with Gasteiger partial charge in [0.1, 0.15) is 0 Å². The van der Waals surface area contributed by atoms with Crippen molar-refractivity contribution in [3.05, 3.63) is 12.2 Å². The molecule has 4 aliphatic carbocycles. The molecular weight excluding hydrogens is 212 g/mol. The van der Waals surface area contributed by atoms with Crippen LogP contribution in [0.3, 0.4) is 0 Å². The summed E-state index contributed by atoms with van der Waals surface area (Å²) in [6, 6.07) is 0. The lowest BCUT2D eigenvalue weighted by Gasteiger charge is -2.57. The van der Waals surface area contributed by atoms with E-state index in [4.69, 9.17) is 5.11 Å². The second-order valence-corrected chi connectivity index (χ2v) is 6.70. The van der Waals surface area contributed by atoms with E-state index in [-0.39, 0.29) is 0 Å². The first-order chi connectivity index (χ1) is 8.15. The first-order valence-electron chi connectivity index (χ1n) is 7.05. The third-order valence-electron chi connectivity index (χ3n) is 5.27. The molecule has 17 heavy (non-hydrogen) atoms. The molecule has 4 saturated carbocycles. The maximum Gasteiger partial charge on any atom is 0.327 e. The number of hydrogen-bond acceptors (Lipinski definition) is 1. The number of carboxylic acid groups (broad SMARTS) is 1. The molecule has 0 saturated heterocycles. The fourth-order valence-electron chi connectivity index (χ4n) is 5.17. The molecule has 2 nitrogen and oxygen atoms in total. The molecule has 0 spiro atoms. The summed E-state index contributed by atoms with van der Waals surface area (Å²) in [6.07, 6.45) is 14.1. The Morgan fingerprint density at radius 3 is 2.12 bits per heavy atom. The SMILES string of the molecule is O=C(O)/C=C/CCC12CC3CC(CC(C3)C1)C2. The van der Waals surface area contributed by atoms with E-state index >= 15 is 0 Å². The minimum atomic E-state index is -0.810. The largest absolute Gasteiger partial charge is 0.478 e. The van der Waals surface area contributed by atoms with Gasteiger partial charge >= 0.3 is 5.97 Å². The van der Waals surface area contributed by atoms with Gasteiger partial charge in [0.05, 0.1) is 0 Å². The van der Waals surface area contributed by atoms with Crippen molar-refractivity contribution >= 4 is 5.97 Å². The van der Waals surface area contributed by atoms with E-state index in [2.05, 4.69) is 0 Å². The van der Waals surface area contributed by atoms with Gasteiger partial charge in [0.25, 0.3) is 0 Å². The molecule has 94 valence electrons. The molecule has 0 aromatic heterocycles. The second-order valence-electron chi connectivity index (χ2n) is 6.70. The van der Waals surface area contributed by atoms with Gasteiger partial charge in [0.15, 0.2) is 0 Å². The van der Waals surface area contributed by atoms with Crippen molar-refractivity contribution < 1.29 is 9.90 Å². The summed E-state index contributed by atoms with van der Waals surface area (Å²) in [6.45, 7) is 0. The summed E-state index contributed by atoms with van der Waals surface area (Å²) >= 11 is 0. The number of aliphatic carboxylic acids is 1. The van der Waals surface area contributed by atoms with Gasteiger partial charge in [-0.2, -0.15) is 0 Å². The first-order valence-corrected chi connectivity index (χ1v) is 7.05. The predicted molar refractivity (Wildman–Crippen MR) is 66.6 cm³/mol. The zero-order valence-corrected chi connectivity index (χ0v) is 10.4. The molecule has 4 aliphatic rings.